The van der Waals surface area contributed by atoms with Crippen molar-refractivity contribution in [2.75, 3.05) is 16.8 Å². The lowest BCUT2D eigenvalue weighted by molar-refractivity contribution is -0.137. The molecule has 3 aromatic carbocycles. The average Bonchev–Trinajstić information content (AvgIpc) is 3.35. The van der Waals surface area contributed by atoms with Gasteiger partial charge < -0.3 is 10.2 Å². The zero-order valence-electron chi connectivity index (χ0n) is 18.5. The second kappa shape index (κ2) is 8.59. The minimum Gasteiger partial charge on any atom is -0.336 e. The first-order valence-electron chi connectivity index (χ1n) is 11.0. The number of nitrogens with one attached hydrogen (secondary N) is 1. The number of fused-ring (bicyclic) bond motifs is 1. The number of para-hydroxylation sites is 1. The van der Waals surface area contributed by atoms with Gasteiger partial charge in [0.25, 0.3) is 11.8 Å². The first-order chi connectivity index (χ1) is 16.4. The van der Waals surface area contributed by atoms with Gasteiger partial charge in [-0.3, -0.25) is 19.3 Å². The van der Waals surface area contributed by atoms with Crippen LogP contribution in [0.5, 0.6) is 0 Å². The minimum absolute atomic E-state index is 0.156. The van der Waals surface area contributed by atoms with E-state index in [4.69, 9.17) is 0 Å². The molecule has 0 unspecified atom stereocenters. The first kappa shape index (κ1) is 21.6. The summed E-state index contributed by atoms with van der Waals surface area (Å²) in [5.74, 6) is -1.60. The van der Waals surface area contributed by atoms with Gasteiger partial charge in [0.15, 0.2) is 0 Å². The summed E-state index contributed by atoms with van der Waals surface area (Å²) >= 11 is 0. The van der Waals surface area contributed by atoms with Gasteiger partial charge in [-0.2, -0.15) is 0 Å². The van der Waals surface area contributed by atoms with Gasteiger partial charge in [0.05, 0.1) is 12.1 Å². The van der Waals surface area contributed by atoms with E-state index in [1.165, 1.54) is 13.0 Å². The number of halogens is 1. The zero-order valence-corrected chi connectivity index (χ0v) is 18.5. The fourth-order valence-corrected chi connectivity index (χ4v) is 4.51. The zero-order chi connectivity index (χ0) is 23.8. The number of amides is 3. The molecule has 0 atom stereocenters. The summed E-state index contributed by atoms with van der Waals surface area (Å²) < 4.78 is 14.4. The van der Waals surface area contributed by atoms with Crippen molar-refractivity contribution >= 4 is 34.7 Å². The van der Waals surface area contributed by atoms with Crippen LogP contribution in [0.1, 0.15) is 23.6 Å². The van der Waals surface area contributed by atoms with Gasteiger partial charge in [-0.1, -0.05) is 48.5 Å². The third kappa shape index (κ3) is 3.75. The topological polar surface area (TPSA) is 69.7 Å². The van der Waals surface area contributed by atoms with Crippen LogP contribution in [0.4, 0.5) is 15.8 Å². The first-order valence-corrected chi connectivity index (χ1v) is 11.0. The Balaban J connectivity index is 1.59. The maximum Gasteiger partial charge on any atom is 0.278 e. The monoisotopic (exact) mass is 455 g/mol. The summed E-state index contributed by atoms with van der Waals surface area (Å²) in [6.07, 6.45) is 0.753. The highest BCUT2D eigenvalue weighted by Gasteiger charge is 2.43. The third-order valence-electron chi connectivity index (χ3n) is 6.08. The van der Waals surface area contributed by atoms with Crippen LogP contribution >= 0.6 is 0 Å². The Morgan fingerprint density at radius 2 is 1.65 bits per heavy atom. The van der Waals surface area contributed by atoms with E-state index in [1.807, 2.05) is 29.2 Å². The Labute approximate surface area is 196 Å². The smallest absolute Gasteiger partial charge is 0.278 e. The average molecular weight is 455 g/mol. The molecule has 7 heteroatoms. The van der Waals surface area contributed by atoms with Crippen LogP contribution in [0.25, 0.3) is 5.57 Å². The number of carbonyl (C=O) groups excluding carboxylic acids is 3. The summed E-state index contributed by atoms with van der Waals surface area (Å²) in [7, 11) is 0. The largest absolute Gasteiger partial charge is 0.336 e. The molecule has 0 saturated carbocycles. The van der Waals surface area contributed by atoms with E-state index in [2.05, 4.69) is 5.32 Å². The van der Waals surface area contributed by atoms with Crippen LogP contribution < -0.4 is 10.2 Å². The predicted molar refractivity (Wildman–Crippen MR) is 127 cm³/mol. The molecule has 5 rings (SSSR count). The van der Waals surface area contributed by atoms with Gasteiger partial charge in [0.2, 0.25) is 5.91 Å². The van der Waals surface area contributed by atoms with Gasteiger partial charge in [-0.05, 0) is 41.8 Å². The molecule has 0 aromatic heterocycles. The standard InChI is InChI=1S/C27H22FN3O3/c1-17(32)29-21-12-10-19(11-13-21)24-25(30-15-14-18-6-3-5-9-23(18)30)27(34)31(26(24)33)16-20-7-2-4-8-22(20)28/h2-13H,14-16H2,1H3,(H,29,32). The molecule has 6 nitrogen and oxygen atoms in total. The Morgan fingerprint density at radius 1 is 0.941 bits per heavy atom. The lowest BCUT2D eigenvalue weighted by atomic mass is 10.0. The molecular formula is C27H22FN3O3. The van der Waals surface area contributed by atoms with Gasteiger partial charge in [0, 0.05) is 30.4 Å². The quantitative estimate of drug-likeness (QED) is 0.588. The number of carbonyl (C=O) groups is 3. The number of benzene rings is 3. The van der Waals surface area contributed by atoms with Crippen LogP contribution in [0.2, 0.25) is 0 Å². The van der Waals surface area contributed by atoms with E-state index in [0.29, 0.717) is 23.5 Å². The fraction of sp³-hybridized carbons (Fsp3) is 0.148. The lowest BCUT2D eigenvalue weighted by Crippen LogP contribution is -2.34. The maximum absolute atomic E-state index is 14.4. The van der Waals surface area contributed by atoms with E-state index in [-0.39, 0.29) is 23.6 Å². The van der Waals surface area contributed by atoms with Crippen molar-refractivity contribution in [1.82, 2.24) is 4.90 Å². The Morgan fingerprint density at radius 3 is 2.38 bits per heavy atom. The SMILES string of the molecule is CC(=O)Nc1ccc(C2=C(N3CCc4ccccc43)C(=O)N(Cc3ccccc3F)C2=O)cc1. The number of hydrogen-bond donors (Lipinski definition) is 1. The lowest BCUT2D eigenvalue weighted by Gasteiger charge is -2.22. The molecule has 170 valence electrons. The second-order valence-corrected chi connectivity index (χ2v) is 8.30. The van der Waals surface area contributed by atoms with Crippen LogP contribution in [-0.2, 0) is 27.3 Å². The molecule has 3 amide bonds. The molecule has 0 radical (unpaired) electrons. The van der Waals surface area contributed by atoms with Crippen LogP contribution in [-0.4, -0.2) is 29.2 Å². The van der Waals surface area contributed by atoms with Crippen LogP contribution in [0.15, 0.2) is 78.5 Å². The van der Waals surface area contributed by atoms with E-state index in [0.717, 1.165) is 22.6 Å². The Bertz CT molecular complexity index is 1350. The van der Waals surface area contributed by atoms with E-state index in [1.54, 1.807) is 42.5 Å². The summed E-state index contributed by atoms with van der Waals surface area (Å²) in [4.78, 5) is 41.6. The maximum atomic E-state index is 14.4. The molecule has 2 heterocycles. The molecule has 1 N–H and O–H groups in total. The van der Waals surface area contributed by atoms with Crippen molar-refractivity contribution < 1.29 is 18.8 Å². The summed E-state index contributed by atoms with van der Waals surface area (Å²) in [5, 5.41) is 2.70. The van der Waals surface area contributed by atoms with E-state index >= 15 is 0 Å². The molecule has 0 saturated heterocycles. The van der Waals surface area contributed by atoms with Crippen molar-refractivity contribution in [2.45, 2.75) is 19.9 Å². The molecular weight excluding hydrogens is 433 g/mol. The van der Waals surface area contributed by atoms with Crippen molar-refractivity contribution in [3.05, 3.63) is 101 Å². The molecule has 0 aliphatic carbocycles. The molecule has 34 heavy (non-hydrogen) atoms. The van der Waals surface area contributed by atoms with Crippen molar-refractivity contribution in [1.29, 1.82) is 0 Å². The molecule has 2 aliphatic rings. The summed E-state index contributed by atoms with van der Waals surface area (Å²) in [6.45, 7) is 1.82. The fourth-order valence-electron chi connectivity index (χ4n) is 4.51. The highest BCUT2D eigenvalue weighted by atomic mass is 19.1. The molecule has 0 fully saturated rings. The number of nitrogens with zero attached hydrogens (tertiary/aromatic N) is 2. The van der Waals surface area contributed by atoms with E-state index < -0.39 is 17.6 Å². The van der Waals surface area contributed by atoms with Crippen molar-refractivity contribution in [2.24, 2.45) is 0 Å². The van der Waals surface area contributed by atoms with Crippen LogP contribution in [0.3, 0.4) is 0 Å². The molecule has 0 spiro atoms. The number of imide groups is 1. The van der Waals surface area contributed by atoms with Crippen LogP contribution in [0, 0.1) is 5.82 Å². The van der Waals surface area contributed by atoms with Crippen molar-refractivity contribution in [3.63, 3.8) is 0 Å². The second-order valence-electron chi connectivity index (χ2n) is 8.30. The molecule has 2 aliphatic heterocycles. The Kier molecular flexibility index (Phi) is 5.45. The summed E-state index contributed by atoms with van der Waals surface area (Å²) in [6, 6.07) is 20.7. The number of hydrogen-bond acceptors (Lipinski definition) is 4. The summed E-state index contributed by atoms with van der Waals surface area (Å²) in [5.41, 5.74) is 3.97. The van der Waals surface area contributed by atoms with Gasteiger partial charge >= 0.3 is 0 Å². The predicted octanol–water partition coefficient (Wildman–Crippen LogP) is 4.13. The van der Waals surface area contributed by atoms with Gasteiger partial charge in [-0.25, -0.2) is 4.39 Å². The molecule has 0 bridgehead atoms. The number of anilines is 2. The number of rotatable bonds is 5. The van der Waals surface area contributed by atoms with Gasteiger partial charge in [0.1, 0.15) is 11.5 Å². The normalized spacial score (nSPS) is 15.2. The third-order valence-corrected chi connectivity index (χ3v) is 6.08. The van der Waals surface area contributed by atoms with E-state index in [9.17, 15) is 18.8 Å². The van der Waals surface area contributed by atoms with Crippen molar-refractivity contribution in [3.8, 4) is 0 Å². The highest BCUT2D eigenvalue weighted by molar-refractivity contribution is 6.36. The highest BCUT2D eigenvalue weighted by Crippen LogP contribution is 2.39. The minimum atomic E-state index is -0.472. The van der Waals surface area contributed by atoms with Gasteiger partial charge in [-0.15, -0.1) is 0 Å². The Hall–Kier alpha value is -4.26. The molecule has 3 aromatic rings.